The van der Waals surface area contributed by atoms with Crippen molar-refractivity contribution < 1.29 is 4.74 Å². The lowest BCUT2D eigenvalue weighted by atomic mass is 9.98. The van der Waals surface area contributed by atoms with Gasteiger partial charge in [0.15, 0.2) is 0 Å². The van der Waals surface area contributed by atoms with Gasteiger partial charge in [0.25, 0.3) is 0 Å². The molecule has 0 amide bonds. The lowest BCUT2D eigenvalue weighted by Crippen LogP contribution is -2.21. The van der Waals surface area contributed by atoms with Gasteiger partial charge in [0.05, 0.1) is 18.2 Å². The third-order valence-corrected chi connectivity index (χ3v) is 4.35. The van der Waals surface area contributed by atoms with Crippen LogP contribution in [0.3, 0.4) is 0 Å². The van der Waals surface area contributed by atoms with E-state index in [0.29, 0.717) is 0 Å². The SMILES string of the molecule is CCNC(c1ccc(OC)cc1)c1ccc(Cl)c(Br)c1. The summed E-state index contributed by atoms with van der Waals surface area (Å²) in [5.74, 6) is 0.862. The average Bonchev–Trinajstić information content (AvgIpc) is 2.48. The molecule has 106 valence electrons. The Kier molecular flexibility index (Phi) is 5.46. The minimum atomic E-state index is 0.138. The van der Waals surface area contributed by atoms with Gasteiger partial charge in [0.2, 0.25) is 0 Å². The number of nitrogens with one attached hydrogen (secondary N) is 1. The number of rotatable bonds is 5. The van der Waals surface area contributed by atoms with E-state index >= 15 is 0 Å². The van der Waals surface area contributed by atoms with E-state index in [0.717, 1.165) is 21.8 Å². The van der Waals surface area contributed by atoms with Gasteiger partial charge in [-0.2, -0.15) is 0 Å². The molecule has 1 unspecified atom stereocenters. The molecule has 0 aliphatic heterocycles. The molecule has 0 saturated carbocycles. The van der Waals surface area contributed by atoms with Gasteiger partial charge in [-0.15, -0.1) is 0 Å². The molecule has 0 saturated heterocycles. The van der Waals surface area contributed by atoms with E-state index in [2.05, 4.69) is 46.4 Å². The molecule has 1 N–H and O–H groups in total. The molecule has 1 atom stereocenters. The number of hydrogen-bond acceptors (Lipinski definition) is 2. The first kappa shape index (κ1) is 15.4. The molecule has 2 rings (SSSR count). The van der Waals surface area contributed by atoms with Crippen LogP contribution in [0.25, 0.3) is 0 Å². The predicted molar refractivity (Wildman–Crippen MR) is 87.7 cm³/mol. The second-order valence-electron chi connectivity index (χ2n) is 4.44. The molecule has 0 radical (unpaired) electrons. The van der Waals surface area contributed by atoms with Gasteiger partial charge < -0.3 is 10.1 Å². The van der Waals surface area contributed by atoms with Crippen molar-refractivity contribution in [2.24, 2.45) is 0 Å². The standard InChI is InChI=1S/C16H17BrClNO/c1-3-19-16(11-4-7-13(20-2)8-5-11)12-6-9-15(18)14(17)10-12/h4-10,16,19H,3H2,1-2H3. The fourth-order valence-electron chi connectivity index (χ4n) is 2.12. The van der Waals surface area contributed by atoms with Gasteiger partial charge in [-0.25, -0.2) is 0 Å². The summed E-state index contributed by atoms with van der Waals surface area (Å²) in [5.41, 5.74) is 2.37. The van der Waals surface area contributed by atoms with Crippen LogP contribution in [0.1, 0.15) is 24.1 Å². The molecule has 2 aromatic rings. The van der Waals surface area contributed by atoms with E-state index in [1.54, 1.807) is 7.11 Å². The molecule has 20 heavy (non-hydrogen) atoms. The molecule has 0 spiro atoms. The van der Waals surface area contributed by atoms with Gasteiger partial charge >= 0.3 is 0 Å². The highest BCUT2D eigenvalue weighted by Gasteiger charge is 2.14. The number of ether oxygens (including phenoxy) is 1. The Bertz CT molecular complexity index is 571. The highest BCUT2D eigenvalue weighted by Crippen LogP contribution is 2.29. The van der Waals surface area contributed by atoms with Crippen LogP contribution in [0, 0.1) is 0 Å². The van der Waals surface area contributed by atoms with E-state index in [4.69, 9.17) is 16.3 Å². The van der Waals surface area contributed by atoms with Gasteiger partial charge in [-0.05, 0) is 57.9 Å². The summed E-state index contributed by atoms with van der Waals surface area (Å²) in [6.45, 7) is 2.98. The molecule has 4 heteroatoms. The molecular weight excluding hydrogens is 338 g/mol. The third-order valence-electron chi connectivity index (χ3n) is 3.13. The summed E-state index contributed by atoms with van der Waals surface area (Å²) in [6.07, 6.45) is 0. The number of halogens is 2. The molecule has 0 aliphatic carbocycles. The van der Waals surface area contributed by atoms with Crippen molar-refractivity contribution in [1.29, 1.82) is 0 Å². The fraction of sp³-hybridized carbons (Fsp3) is 0.250. The third kappa shape index (κ3) is 3.54. The second kappa shape index (κ2) is 7.11. The van der Waals surface area contributed by atoms with Crippen LogP contribution in [-0.2, 0) is 0 Å². The first-order valence-corrected chi connectivity index (χ1v) is 7.65. The van der Waals surface area contributed by atoms with Crippen molar-refractivity contribution >= 4 is 27.5 Å². The van der Waals surface area contributed by atoms with Crippen molar-refractivity contribution in [2.75, 3.05) is 13.7 Å². The van der Waals surface area contributed by atoms with Gasteiger partial charge in [0, 0.05) is 4.47 Å². The molecule has 0 fully saturated rings. The monoisotopic (exact) mass is 353 g/mol. The van der Waals surface area contributed by atoms with E-state index in [-0.39, 0.29) is 6.04 Å². The van der Waals surface area contributed by atoms with Crippen LogP contribution < -0.4 is 10.1 Å². The number of hydrogen-bond donors (Lipinski definition) is 1. The molecule has 0 aromatic heterocycles. The lowest BCUT2D eigenvalue weighted by molar-refractivity contribution is 0.414. The van der Waals surface area contributed by atoms with Crippen molar-refractivity contribution in [3.8, 4) is 5.75 Å². The van der Waals surface area contributed by atoms with Gasteiger partial charge in [-0.1, -0.05) is 36.7 Å². The zero-order chi connectivity index (χ0) is 14.5. The summed E-state index contributed by atoms with van der Waals surface area (Å²) in [6, 6.07) is 14.3. The summed E-state index contributed by atoms with van der Waals surface area (Å²) >= 11 is 9.55. The van der Waals surface area contributed by atoms with Crippen LogP contribution in [0.15, 0.2) is 46.9 Å². The molecule has 0 bridgehead atoms. The minimum Gasteiger partial charge on any atom is -0.497 e. The van der Waals surface area contributed by atoms with Crippen molar-refractivity contribution in [1.82, 2.24) is 5.32 Å². The average molecular weight is 355 g/mol. The topological polar surface area (TPSA) is 21.3 Å². The zero-order valence-corrected chi connectivity index (χ0v) is 13.8. The molecule has 2 aromatic carbocycles. The maximum Gasteiger partial charge on any atom is 0.118 e. The highest BCUT2D eigenvalue weighted by molar-refractivity contribution is 9.10. The summed E-state index contributed by atoms with van der Waals surface area (Å²) < 4.78 is 6.11. The largest absolute Gasteiger partial charge is 0.497 e. The smallest absolute Gasteiger partial charge is 0.118 e. The normalized spacial score (nSPS) is 12.2. The van der Waals surface area contributed by atoms with Crippen molar-refractivity contribution in [3.63, 3.8) is 0 Å². The highest BCUT2D eigenvalue weighted by atomic mass is 79.9. The minimum absolute atomic E-state index is 0.138. The first-order chi connectivity index (χ1) is 9.65. The second-order valence-corrected chi connectivity index (χ2v) is 5.70. The van der Waals surface area contributed by atoms with Crippen LogP contribution in [0.2, 0.25) is 5.02 Å². The summed E-state index contributed by atoms with van der Waals surface area (Å²) in [7, 11) is 1.67. The maximum atomic E-state index is 6.06. The van der Waals surface area contributed by atoms with E-state index < -0.39 is 0 Å². The fourth-order valence-corrected chi connectivity index (χ4v) is 2.63. The van der Waals surface area contributed by atoms with Crippen LogP contribution in [0.5, 0.6) is 5.75 Å². The van der Waals surface area contributed by atoms with Gasteiger partial charge in [0.1, 0.15) is 5.75 Å². The van der Waals surface area contributed by atoms with E-state index in [1.165, 1.54) is 11.1 Å². The zero-order valence-electron chi connectivity index (χ0n) is 11.5. The Morgan fingerprint density at radius 3 is 2.35 bits per heavy atom. The van der Waals surface area contributed by atoms with E-state index in [9.17, 15) is 0 Å². The predicted octanol–water partition coefficient (Wildman–Crippen LogP) is 4.81. The summed E-state index contributed by atoms with van der Waals surface area (Å²) in [5, 5.41) is 4.22. The van der Waals surface area contributed by atoms with Gasteiger partial charge in [-0.3, -0.25) is 0 Å². The Labute approximate surface area is 133 Å². The molecule has 2 nitrogen and oxygen atoms in total. The summed E-state index contributed by atoms with van der Waals surface area (Å²) in [4.78, 5) is 0. The van der Waals surface area contributed by atoms with Crippen LogP contribution in [0.4, 0.5) is 0 Å². The number of benzene rings is 2. The maximum absolute atomic E-state index is 6.06. The van der Waals surface area contributed by atoms with Crippen molar-refractivity contribution in [3.05, 3.63) is 63.1 Å². The Hall–Kier alpha value is -1.03. The number of methoxy groups -OCH3 is 1. The Morgan fingerprint density at radius 1 is 1.15 bits per heavy atom. The molecular formula is C16H17BrClNO. The lowest BCUT2D eigenvalue weighted by Gasteiger charge is -2.20. The van der Waals surface area contributed by atoms with Crippen molar-refractivity contribution in [2.45, 2.75) is 13.0 Å². The molecule has 0 heterocycles. The Balaban J connectivity index is 2.35. The quantitative estimate of drug-likeness (QED) is 0.832. The first-order valence-electron chi connectivity index (χ1n) is 6.48. The Morgan fingerprint density at radius 2 is 1.80 bits per heavy atom. The van der Waals surface area contributed by atoms with E-state index in [1.807, 2.05) is 24.3 Å². The van der Waals surface area contributed by atoms with Crippen LogP contribution in [-0.4, -0.2) is 13.7 Å². The molecule has 0 aliphatic rings. The van der Waals surface area contributed by atoms with Crippen LogP contribution >= 0.6 is 27.5 Å².